The fraction of sp³-hybridized carbons (Fsp3) is 0.231. The SMILES string of the molecule is Cc1ccn2c(CC(=O)Nc3ccc(N(C)C)cc3)c(-c3ccc(C)c(C)c3)nc2c1. The summed E-state index contributed by atoms with van der Waals surface area (Å²) in [6, 6.07) is 18.3. The molecular formula is C26H28N4O. The van der Waals surface area contributed by atoms with E-state index in [-0.39, 0.29) is 12.3 Å². The molecule has 0 aliphatic heterocycles. The Morgan fingerprint density at radius 2 is 1.71 bits per heavy atom. The molecule has 2 heterocycles. The molecule has 1 N–H and O–H groups in total. The van der Waals surface area contributed by atoms with E-state index in [4.69, 9.17) is 4.98 Å². The first-order valence-electron chi connectivity index (χ1n) is 10.4. The Bertz CT molecular complexity index is 1250. The molecule has 1 amide bonds. The van der Waals surface area contributed by atoms with Crippen LogP contribution in [-0.4, -0.2) is 29.4 Å². The van der Waals surface area contributed by atoms with Crippen LogP contribution in [0.15, 0.2) is 60.8 Å². The van der Waals surface area contributed by atoms with Crippen LogP contribution in [-0.2, 0) is 11.2 Å². The van der Waals surface area contributed by atoms with Crippen molar-refractivity contribution in [1.82, 2.24) is 9.38 Å². The Morgan fingerprint density at radius 3 is 2.39 bits per heavy atom. The third-order valence-corrected chi connectivity index (χ3v) is 5.66. The summed E-state index contributed by atoms with van der Waals surface area (Å²) in [7, 11) is 3.99. The lowest BCUT2D eigenvalue weighted by molar-refractivity contribution is -0.115. The number of aryl methyl sites for hydroxylation is 3. The maximum atomic E-state index is 13.0. The smallest absolute Gasteiger partial charge is 0.230 e. The van der Waals surface area contributed by atoms with Crippen LogP contribution in [0.5, 0.6) is 0 Å². The van der Waals surface area contributed by atoms with E-state index in [1.807, 2.05) is 72.9 Å². The van der Waals surface area contributed by atoms with E-state index in [0.717, 1.165) is 39.5 Å². The Morgan fingerprint density at radius 1 is 0.968 bits per heavy atom. The number of hydrogen-bond acceptors (Lipinski definition) is 3. The summed E-state index contributed by atoms with van der Waals surface area (Å²) in [6.45, 7) is 6.25. The summed E-state index contributed by atoms with van der Waals surface area (Å²) in [4.78, 5) is 19.9. The van der Waals surface area contributed by atoms with Gasteiger partial charge in [-0.1, -0.05) is 12.1 Å². The van der Waals surface area contributed by atoms with Crippen LogP contribution in [0.3, 0.4) is 0 Å². The highest BCUT2D eigenvalue weighted by Crippen LogP contribution is 2.27. The zero-order chi connectivity index (χ0) is 22.1. The maximum absolute atomic E-state index is 13.0. The molecule has 0 spiro atoms. The van der Waals surface area contributed by atoms with Crippen molar-refractivity contribution in [2.75, 3.05) is 24.3 Å². The Balaban J connectivity index is 1.68. The highest BCUT2D eigenvalue weighted by atomic mass is 16.1. The molecule has 0 bridgehead atoms. The standard InChI is InChI=1S/C26H28N4O/c1-17-12-13-30-23(16-25(31)27-21-8-10-22(11-9-21)29(4)5)26(28-24(30)14-17)20-7-6-18(2)19(3)15-20/h6-15H,16H2,1-5H3,(H,27,31). The van der Waals surface area contributed by atoms with E-state index in [0.29, 0.717) is 0 Å². The first kappa shape index (κ1) is 20.7. The monoisotopic (exact) mass is 412 g/mol. The van der Waals surface area contributed by atoms with Gasteiger partial charge >= 0.3 is 0 Å². The van der Waals surface area contributed by atoms with Gasteiger partial charge in [0.1, 0.15) is 5.65 Å². The molecule has 158 valence electrons. The minimum absolute atomic E-state index is 0.0648. The first-order valence-corrected chi connectivity index (χ1v) is 10.4. The second-order valence-electron chi connectivity index (χ2n) is 8.30. The van der Waals surface area contributed by atoms with Gasteiger partial charge in [0.25, 0.3) is 0 Å². The van der Waals surface area contributed by atoms with Gasteiger partial charge in [-0.05, 0) is 79.9 Å². The quantitative estimate of drug-likeness (QED) is 0.492. The lowest BCUT2D eigenvalue weighted by Crippen LogP contribution is -2.16. The number of pyridine rings is 1. The number of imidazole rings is 1. The van der Waals surface area contributed by atoms with E-state index >= 15 is 0 Å². The normalized spacial score (nSPS) is 11.0. The van der Waals surface area contributed by atoms with Crippen LogP contribution < -0.4 is 10.2 Å². The van der Waals surface area contributed by atoms with Crippen LogP contribution in [0, 0.1) is 20.8 Å². The maximum Gasteiger partial charge on any atom is 0.230 e. The Labute approximate surface area is 183 Å². The van der Waals surface area contributed by atoms with Gasteiger partial charge in [-0.25, -0.2) is 4.98 Å². The molecule has 0 aliphatic carbocycles. The molecule has 0 radical (unpaired) electrons. The van der Waals surface area contributed by atoms with Crippen LogP contribution in [0.2, 0.25) is 0 Å². The van der Waals surface area contributed by atoms with Crippen molar-refractivity contribution in [2.24, 2.45) is 0 Å². The molecule has 31 heavy (non-hydrogen) atoms. The van der Waals surface area contributed by atoms with Gasteiger partial charge in [-0.3, -0.25) is 4.79 Å². The van der Waals surface area contributed by atoms with Gasteiger partial charge in [-0.2, -0.15) is 0 Å². The third kappa shape index (κ3) is 4.31. The highest BCUT2D eigenvalue weighted by Gasteiger charge is 2.18. The molecule has 5 nitrogen and oxygen atoms in total. The summed E-state index contributed by atoms with van der Waals surface area (Å²) in [5.74, 6) is -0.0648. The summed E-state index contributed by atoms with van der Waals surface area (Å²) >= 11 is 0. The van der Waals surface area contributed by atoms with Crippen molar-refractivity contribution in [2.45, 2.75) is 27.2 Å². The van der Waals surface area contributed by atoms with Crippen molar-refractivity contribution in [3.63, 3.8) is 0 Å². The van der Waals surface area contributed by atoms with Crippen molar-refractivity contribution < 1.29 is 4.79 Å². The molecule has 0 saturated carbocycles. The van der Waals surface area contributed by atoms with Crippen LogP contribution in [0.4, 0.5) is 11.4 Å². The predicted octanol–water partition coefficient (Wildman–Crippen LogP) is 5.17. The van der Waals surface area contributed by atoms with Crippen molar-refractivity contribution in [3.05, 3.63) is 83.2 Å². The molecule has 4 aromatic rings. The van der Waals surface area contributed by atoms with E-state index in [9.17, 15) is 4.79 Å². The molecule has 4 rings (SSSR count). The van der Waals surface area contributed by atoms with E-state index in [1.54, 1.807) is 0 Å². The topological polar surface area (TPSA) is 49.6 Å². The minimum atomic E-state index is -0.0648. The number of nitrogens with zero attached hydrogens (tertiary/aromatic N) is 3. The van der Waals surface area contributed by atoms with Crippen molar-refractivity contribution in [3.8, 4) is 11.3 Å². The summed E-state index contributed by atoms with van der Waals surface area (Å²) < 4.78 is 2.02. The number of benzene rings is 2. The molecule has 0 fully saturated rings. The van der Waals surface area contributed by atoms with Crippen LogP contribution >= 0.6 is 0 Å². The minimum Gasteiger partial charge on any atom is -0.378 e. The predicted molar refractivity (Wildman–Crippen MR) is 128 cm³/mol. The summed E-state index contributed by atoms with van der Waals surface area (Å²) in [6.07, 6.45) is 2.23. The summed E-state index contributed by atoms with van der Waals surface area (Å²) in [5, 5.41) is 3.02. The van der Waals surface area contributed by atoms with Crippen molar-refractivity contribution >= 4 is 22.9 Å². The number of carbonyl (C=O) groups is 1. The zero-order valence-corrected chi connectivity index (χ0v) is 18.7. The largest absolute Gasteiger partial charge is 0.378 e. The molecule has 2 aromatic heterocycles. The second kappa shape index (κ2) is 8.26. The first-order chi connectivity index (χ1) is 14.8. The van der Waals surface area contributed by atoms with Gasteiger partial charge in [0, 0.05) is 37.2 Å². The van der Waals surface area contributed by atoms with E-state index in [1.165, 1.54) is 11.1 Å². The second-order valence-corrected chi connectivity index (χ2v) is 8.30. The fourth-order valence-electron chi connectivity index (χ4n) is 3.69. The highest BCUT2D eigenvalue weighted by molar-refractivity contribution is 5.93. The average Bonchev–Trinajstić information content (AvgIpc) is 3.07. The van der Waals surface area contributed by atoms with Gasteiger partial charge in [0.15, 0.2) is 0 Å². The zero-order valence-electron chi connectivity index (χ0n) is 18.7. The summed E-state index contributed by atoms with van der Waals surface area (Å²) in [5.41, 5.74) is 9.09. The lowest BCUT2D eigenvalue weighted by Gasteiger charge is -2.13. The molecule has 0 unspecified atom stereocenters. The Kier molecular flexibility index (Phi) is 5.51. The number of fused-ring (bicyclic) bond motifs is 1. The fourth-order valence-corrected chi connectivity index (χ4v) is 3.69. The van der Waals surface area contributed by atoms with E-state index in [2.05, 4.69) is 37.4 Å². The Hall–Kier alpha value is -3.60. The number of amides is 1. The number of anilines is 2. The van der Waals surface area contributed by atoms with Crippen molar-refractivity contribution in [1.29, 1.82) is 0 Å². The molecule has 5 heteroatoms. The van der Waals surface area contributed by atoms with Gasteiger partial charge < -0.3 is 14.6 Å². The molecule has 0 saturated heterocycles. The third-order valence-electron chi connectivity index (χ3n) is 5.66. The molecular weight excluding hydrogens is 384 g/mol. The van der Waals surface area contributed by atoms with Gasteiger partial charge in [-0.15, -0.1) is 0 Å². The average molecular weight is 413 g/mol. The number of rotatable bonds is 5. The number of nitrogens with one attached hydrogen (secondary N) is 1. The molecule has 0 aliphatic rings. The number of aromatic nitrogens is 2. The van der Waals surface area contributed by atoms with Gasteiger partial charge in [0.2, 0.25) is 5.91 Å². The van der Waals surface area contributed by atoms with E-state index < -0.39 is 0 Å². The number of carbonyl (C=O) groups excluding carboxylic acids is 1. The molecule has 0 atom stereocenters. The van der Waals surface area contributed by atoms with Gasteiger partial charge in [0.05, 0.1) is 17.8 Å². The van der Waals surface area contributed by atoms with Crippen LogP contribution in [0.25, 0.3) is 16.9 Å². The number of hydrogen-bond donors (Lipinski definition) is 1. The van der Waals surface area contributed by atoms with Crippen LogP contribution in [0.1, 0.15) is 22.4 Å². The molecule has 2 aromatic carbocycles. The lowest BCUT2D eigenvalue weighted by atomic mass is 10.0.